The number of alkyl halides is 3. The maximum atomic E-state index is 12.8. The monoisotopic (exact) mass is 405 g/mol. The number of nitrogens with one attached hydrogen (secondary N) is 1. The normalized spacial score (nSPS) is 19.1. The van der Waals surface area contributed by atoms with Crippen molar-refractivity contribution in [1.82, 2.24) is 9.62 Å². The Balaban J connectivity index is 1.52. The van der Waals surface area contributed by atoms with Gasteiger partial charge in [-0.15, -0.1) is 0 Å². The summed E-state index contributed by atoms with van der Waals surface area (Å²) in [6, 6.07) is 5.04. The first-order chi connectivity index (χ1) is 12.7. The minimum atomic E-state index is -4.41. The lowest BCUT2D eigenvalue weighted by molar-refractivity contribution is -0.137. The van der Waals surface area contributed by atoms with Gasteiger partial charge in [0.1, 0.15) is 0 Å². The van der Waals surface area contributed by atoms with Crippen molar-refractivity contribution in [2.75, 3.05) is 43.4 Å². The fourth-order valence-corrected chi connectivity index (χ4v) is 4.36. The molecule has 1 amide bonds. The van der Waals surface area contributed by atoms with Gasteiger partial charge in [0.15, 0.2) is 0 Å². The van der Waals surface area contributed by atoms with Crippen molar-refractivity contribution in [3.8, 4) is 0 Å². The summed E-state index contributed by atoms with van der Waals surface area (Å²) >= 11 is 0. The van der Waals surface area contributed by atoms with Crippen LogP contribution in [0.25, 0.3) is 0 Å². The molecule has 27 heavy (non-hydrogen) atoms. The van der Waals surface area contributed by atoms with Crippen LogP contribution in [-0.4, -0.2) is 57.1 Å². The molecule has 3 rings (SSSR count). The van der Waals surface area contributed by atoms with Crippen molar-refractivity contribution >= 4 is 21.6 Å². The smallest absolute Gasteiger partial charge is 0.369 e. The summed E-state index contributed by atoms with van der Waals surface area (Å²) in [5, 5.41) is 2.63. The van der Waals surface area contributed by atoms with Gasteiger partial charge in [-0.05, 0) is 31.0 Å². The van der Waals surface area contributed by atoms with Gasteiger partial charge < -0.3 is 10.2 Å². The molecule has 0 atom stereocenters. The van der Waals surface area contributed by atoms with E-state index in [0.717, 1.165) is 25.0 Å². The average Bonchev–Trinajstić information content (AvgIpc) is 3.46. The molecule has 1 aliphatic heterocycles. The van der Waals surface area contributed by atoms with Gasteiger partial charge in [0, 0.05) is 44.3 Å². The third kappa shape index (κ3) is 5.13. The second-order valence-corrected chi connectivity index (χ2v) is 8.90. The second kappa shape index (κ2) is 7.67. The van der Waals surface area contributed by atoms with Crippen LogP contribution >= 0.6 is 0 Å². The zero-order valence-electron chi connectivity index (χ0n) is 14.7. The molecule has 0 bridgehead atoms. The van der Waals surface area contributed by atoms with Crippen molar-refractivity contribution < 1.29 is 26.4 Å². The average molecular weight is 405 g/mol. The molecule has 1 aromatic rings. The molecule has 0 aromatic heterocycles. The van der Waals surface area contributed by atoms with E-state index in [4.69, 9.17) is 0 Å². The quantitative estimate of drug-likeness (QED) is 0.782. The highest BCUT2D eigenvalue weighted by molar-refractivity contribution is 7.89. The van der Waals surface area contributed by atoms with Crippen LogP contribution in [0.1, 0.15) is 18.4 Å². The zero-order valence-corrected chi connectivity index (χ0v) is 15.5. The van der Waals surface area contributed by atoms with Crippen LogP contribution in [0, 0.1) is 5.92 Å². The number of halogens is 3. The van der Waals surface area contributed by atoms with E-state index in [1.165, 1.54) is 10.4 Å². The molecule has 0 spiro atoms. The number of sulfonamides is 1. The molecule has 2 aliphatic rings. The lowest BCUT2D eigenvalue weighted by Gasteiger charge is -2.35. The Bertz CT molecular complexity index is 786. The van der Waals surface area contributed by atoms with Crippen LogP contribution in [0.5, 0.6) is 0 Å². The van der Waals surface area contributed by atoms with Crippen molar-refractivity contribution in [1.29, 1.82) is 0 Å². The maximum Gasteiger partial charge on any atom is 0.416 e. The number of carbonyl (C=O) groups is 1. The summed E-state index contributed by atoms with van der Waals surface area (Å²) in [4.78, 5) is 13.3. The van der Waals surface area contributed by atoms with E-state index in [-0.39, 0.29) is 37.2 Å². The summed E-state index contributed by atoms with van der Waals surface area (Å²) in [6.45, 7) is 1.11. The Morgan fingerprint density at radius 3 is 2.41 bits per heavy atom. The molecule has 1 N–H and O–H groups in total. The van der Waals surface area contributed by atoms with Crippen molar-refractivity contribution in [2.24, 2.45) is 5.92 Å². The van der Waals surface area contributed by atoms with E-state index in [0.29, 0.717) is 18.8 Å². The molecule has 2 fully saturated rings. The molecule has 1 saturated carbocycles. The highest BCUT2D eigenvalue weighted by atomic mass is 32.2. The molecule has 10 heteroatoms. The number of hydrogen-bond donors (Lipinski definition) is 1. The number of piperazine rings is 1. The lowest BCUT2D eigenvalue weighted by Crippen LogP contribution is -2.50. The van der Waals surface area contributed by atoms with Crippen LogP contribution < -0.4 is 10.2 Å². The number of anilines is 1. The summed E-state index contributed by atoms with van der Waals surface area (Å²) in [5.41, 5.74) is -0.292. The predicted molar refractivity (Wildman–Crippen MR) is 94.8 cm³/mol. The van der Waals surface area contributed by atoms with E-state index in [2.05, 4.69) is 5.32 Å². The minimum Gasteiger partial charge on any atom is -0.369 e. The summed E-state index contributed by atoms with van der Waals surface area (Å²) in [6.07, 6.45) is -2.70. The fraction of sp³-hybridized carbons (Fsp3) is 0.588. The highest BCUT2D eigenvalue weighted by Crippen LogP contribution is 2.32. The largest absolute Gasteiger partial charge is 0.416 e. The van der Waals surface area contributed by atoms with Gasteiger partial charge in [-0.25, -0.2) is 8.42 Å². The molecular weight excluding hydrogens is 383 g/mol. The summed E-state index contributed by atoms with van der Waals surface area (Å²) < 4.78 is 64.7. The first-order valence-electron chi connectivity index (χ1n) is 8.84. The maximum absolute atomic E-state index is 12.8. The predicted octanol–water partition coefficient (Wildman–Crippen LogP) is 1.68. The fourth-order valence-electron chi connectivity index (χ4n) is 3.03. The van der Waals surface area contributed by atoms with Crippen molar-refractivity contribution in [3.05, 3.63) is 29.8 Å². The number of rotatable bonds is 6. The van der Waals surface area contributed by atoms with Crippen LogP contribution in [0.2, 0.25) is 0 Å². The molecule has 1 aliphatic carbocycles. The van der Waals surface area contributed by atoms with E-state index < -0.39 is 21.8 Å². The summed E-state index contributed by atoms with van der Waals surface area (Å²) in [5.74, 6) is -0.238. The highest BCUT2D eigenvalue weighted by Gasteiger charge is 2.32. The molecule has 1 heterocycles. The Labute approximate surface area is 156 Å². The number of nitrogens with zero attached hydrogens (tertiary/aromatic N) is 2. The Kier molecular flexibility index (Phi) is 5.66. The molecule has 6 nitrogen and oxygen atoms in total. The van der Waals surface area contributed by atoms with Crippen LogP contribution in [0.4, 0.5) is 18.9 Å². The van der Waals surface area contributed by atoms with Gasteiger partial charge >= 0.3 is 6.18 Å². The number of carbonyl (C=O) groups excluding carboxylic acids is 1. The molecule has 0 unspecified atom stereocenters. The van der Waals surface area contributed by atoms with Crippen molar-refractivity contribution in [2.45, 2.75) is 19.0 Å². The van der Waals surface area contributed by atoms with Crippen LogP contribution in [0.3, 0.4) is 0 Å². The van der Waals surface area contributed by atoms with Gasteiger partial charge in [0.05, 0.1) is 11.3 Å². The third-order valence-corrected chi connectivity index (χ3v) is 6.65. The molecule has 1 saturated heterocycles. The van der Waals surface area contributed by atoms with E-state index >= 15 is 0 Å². The molecule has 0 radical (unpaired) electrons. The van der Waals surface area contributed by atoms with E-state index in [9.17, 15) is 26.4 Å². The first-order valence-corrected chi connectivity index (χ1v) is 10.5. The Hall–Kier alpha value is -1.81. The van der Waals surface area contributed by atoms with Gasteiger partial charge in [-0.1, -0.05) is 6.07 Å². The summed E-state index contributed by atoms with van der Waals surface area (Å²) in [7, 11) is -3.51. The molecule has 1 aromatic carbocycles. The number of hydrogen-bond acceptors (Lipinski definition) is 4. The first kappa shape index (κ1) is 19.9. The zero-order chi connectivity index (χ0) is 19.7. The third-order valence-electron chi connectivity index (χ3n) is 4.78. The van der Waals surface area contributed by atoms with Gasteiger partial charge in [-0.2, -0.15) is 17.5 Å². The number of amides is 1. The standard InChI is InChI=1S/C17H22F3N3O3S/c18-17(19,20)14-2-1-3-15(12-14)22-7-9-23(10-8-22)27(25,26)11-6-21-16(24)13-4-5-13/h1-3,12-13H,4-11H2,(H,21,24). The van der Waals surface area contributed by atoms with Gasteiger partial charge in [-0.3, -0.25) is 4.79 Å². The minimum absolute atomic E-state index is 0.0312. The van der Waals surface area contributed by atoms with E-state index in [1.807, 2.05) is 0 Å². The van der Waals surface area contributed by atoms with Crippen LogP contribution in [0.15, 0.2) is 24.3 Å². The second-order valence-electron chi connectivity index (χ2n) is 6.82. The van der Waals surface area contributed by atoms with Gasteiger partial charge in [0.25, 0.3) is 0 Å². The Morgan fingerprint density at radius 2 is 1.81 bits per heavy atom. The van der Waals surface area contributed by atoms with Crippen molar-refractivity contribution in [3.63, 3.8) is 0 Å². The molecule has 150 valence electrons. The molecular formula is C17H22F3N3O3S. The van der Waals surface area contributed by atoms with E-state index in [1.54, 1.807) is 11.0 Å². The van der Waals surface area contributed by atoms with Gasteiger partial charge in [0.2, 0.25) is 15.9 Å². The topological polar surface area (TPSA) is 69.7 Å². The lowest BCUT2D eigenvalue weighted by atomic mass is 10.1. The Morgan fingerprint density at radius 1 is 1.15 bits per heavy atom. The van der Waals surface area contributed by atoms with Crippen LogP contribution in [-0.2, 0) is 21.0 Å². The SMILES string of the molecule is O=C(NCCS(=O)(=O)N1CCN(c2cccc(C(F)(F)F)c2)CC1)C1CC1. The number of benzene rings is 1.